The summed E-state index contributed by atoms with van der Waals surface area (Å²) in [5.41, 5.74) is 0.271. The SMILES string of the molecule is CN(c1ccccc1OC(F)F)C1(C)C=c2c(ncn2C)=CC1. The first-order chi connectivity index (χ1) is 10.9. The highest BCUT2D eigenvalue weighted by atomic mass is 19.3. The summed E-state index contributed by atoms with van der Waals surface area (Å²) >= 11 is 0. The van der Waals surface area contributed by atoms with Crippen LogP contribution in [0.25, 0.3) is 12.2 Å². The molecule has 1 unspecified atom stereocenters. The Hall–Kier alpha value is -2.37. The van der Waals surface area contributed by atoms with Gasteiger partial charge in [0.25, 0.3) is 0 Å². The van der Waals surface area contributed by atoms with Gasteiger partial charge in [-0.25, -0.2) is 4.98 Å². The summed E-state index contributed by atoms with van der Waals surface area (Å²) in [6, 6.07) is 6.85. The maximum absolute atomic E-state index is 12.6. The van der Waals surface area contributed by atoms with E-state index in [9.17, 15) is 8.78 Å². The van der Waals surface area contributed by atoms with Gasteiger partial charge in [0, 0.05) is 14.1 Å². The maximum atomic E-state index is 12.6. The highest BCUT2D eigenvalue weighted by Gasteiger charge is 2.30. The number of rotatable bonds is 4. The lowest BCUT2D eigenvalue weighted by Gasteiger charge is -2.39. The van der Waals surface area contributed by atoms with E-state index in [4.69, 9.17) is 0 Å². The summed E-state index contributed by atoms with van der Waals surface area (Å²) in [6.07, 6.45) is 6.70. The van der Waals surface area contributed by atoms with Crippen LogP contribution in [0.5, 0.6) is 5.75 Å². The van der Waals surface area contributed by atoms with Crippen LogP contribution in [-0.4, -0.2) is 28.7 Å². The molecule has 23 heavy (non-hydrogen) atoms. The smallest absolute Gasteiger partial charge is 0.387 e. The predicted octanol–water partition coefficient (Wildman–Crippen LogP) is 1.88. The number of hydrogen-bond donors (Lipinski definition) is 0. The number of anilines is 1. The van der Waals surface area contributed by atoms with E-state index in [1.165, 1.54) is 0 Å². The highest BCUT2D eigenvalue weighted by molar-refractivity contribution is 5.64. The topological polar surface area (TPSA) is 30.3 Å². The Morgan fingerprint density at radius 1 is 1.35 bits per heavy atom. The van der Waals surface area contributed by atoms with E-state index in [-0.39, 0.29) is 11.3 Å². The quantitative estimate of drug-likeness (QED) is 0.862. The molecule has 1 heterocycles. The van der Waals surface area contributed by atoms with E-state index in [2.05, 4.69) is 28.8 Å². The standard InChI is InChI=1S/C17H19F2N3O/c1-17(9-8-12-14(10-17)21(2)11-20-12)22(3)13-6-4-5-7-15(13)23-16(18)19/h4-8,10-11,16H,9H2,1-3H3. The summed E-state index contributed by atoms with van der Waals surface area (Å²) in [5, 5.41) is 1.98. The molecule has 0 aliphatic heterocycles. The van der Waals surface area contributed by atoms with Gasteiger partial charge < -0.3 is 14.2 Å². The first-order valence-electron chi connectivity index (χ1n) is 7.39. The lowest BCUT2D eigenvalue weighted by atomic mass is 9.91. The van der Waals surface area contributed by atoms with Crippen LogP contribution in [0.2, 0.25) is 0 Å². The van der Waals surface area contributed by atoms with Crippen molar-refractivity contribution in [2.75, 3.05) is 11.9 Å². The third-order valence-corrected chi connectivity index (χ3v) is 4.38. The maximum Gasteiger partial charge on any atom is 0.387 e. The summed E-state index contributed by atoms with van der Waals surface area (Å²) in [6.45, 7) is -0.776. The molecule has 3 rings (SSSR count). The van der Waals surface area contributed by atoms with Crippen molar-refractivity contribution in [2.45, 2.75) is 25.5 Å². The molecule has 2 aromatic rings. The number of ether oxygens (including phenoxy) is 1. The second kappa shape index (κ2) is 5.68. The summed E-state index contributed by atoms with van der Waals surface area (Å²) in [5.74, 6) is 0.176. The molecule has 4 nitrogen and oxygen atoms in total. The van der Waals surface area contributed by atoms with E-state index >= 15 is 0 Å². The Balaban J connectivity index is 2.02. The van der Waals surface area contributed by atoms with Gasteiger partial charge in [0.05, 0.1) is 28.3 Å². The van der Waals surface area contributed by atoms with Gasteiger partial charge in [-0.3, -0.25) is 0 Å². The molecule has 0 amide bonds. The second-order valence-corrected chi connectivity index (χ2v) is 5.94. The monoisotopic (exact) mass is 319 g/mol. The second-order valence-electron chi connectivity index (χ2n) is 5.94. The van der Waals surface area contributed by atoms with Crippen LogP contribution in [0.4, 0.5) is 14.5 Å². The van der Waals surface area contributed by atoms with Crippen LogP contribution in [-0.2, 0) is 7.05 Å². The van der Waals surface area contributed by atoms with E-state index in [1.54, 1.807) is 24.5 Å². The van der Waals surface area contributed by atoms with Gasteiger partial charge >= 0.3 is 6.61 Å². The van der Waals surface area contributed by atoms with Crippen LogP contribution >= 0.6 is 0 Å². The summed E-state index contributed by atoms with van der Waals surface area (Å²) in [4.78, 5) is 6.31. The van der Waals surface area contributed by atoms with Gasteiger partial charge in [0.1, 0.15) is 5.75 Å². The van der Waals surface area contributed by atoms with Gasteiger partial charge in [0.15, 0.2) is 0 Å². The van der Waals surface area contributed by atoms with E-state index in [1.807, 2.05) is 29.6 Å². The van der Waals surface area contributed by atoms with Crippen LogP contribution in [0, 0.1) is 0 Å². The molecule has 1 aliphatic carbocycles. The van der Waals surface area contributed by atoms with Crippen molar-refractivity contribution in [3.8, 4) is 5.75 Å². The predicted molar refractivity (Wildman–Crippen MR) is 85.9 cm³/mol. The fraction of sp³-hybridized carbons (Fsp3) is 0.353. The molecule has 0 bridgehead atoms. The van der Waals surface area contributed by atoms with Crippen LogP contribution in [0.15, 0.2) is 30.6 Å². The van der Waals surface area contributed by atoms with Crippen molar-refractivity contribution in [2.24, 2.45) is 7.05 Å². The van der Waals surface area contributed by atoms with Gasteiger partial charge in [-0.1, -0.05) is 18.2 Å². The largest absolute Gasteiger partial charge is 0.433 e. The number of para-hydroxylation sites is 2. The molecule has 0 saturated heterocycles. The number of aryl methyl sites for hydroxylation is 1. The Bertz CT molecular complexity index is 831. The van der Waals surface area contributed by atoms with Crippen molar-refractivity contribution in [3.63, 3.8) is 0 Å². The average Bonchev–Trinajstić information content (AvgIpc) is 2.87. The van der Waals surface area contributed by atoms with Gasteiger partial charge in [0.2, 0.25) is 0 Å². The molecule has 0 saturated carbocycles. The lowest BCUT2D eigenvalue weighted by molar-refractivity contribution is -0.0495. The molecule has 1 aliphatic rings. The Labute approximate surface area is 133 Å². The van der Waals surface area contributed by atoms with Crippen LogP contribution in [0.1, 0.15) is 13.3 Å². The summed E-state index contributed by atoms with van der Waals surface area (Å²) in [7, 11) is 3.83. The number of fused-ring (bicyclic) bond motifs is 1. The molecular weight excluding hydrogens is 300 g/mol. The average molecular weight is 319 g/mol. The van der Waals surface area contributed by atoms with Crippen molar-refractivity contribution in [3.05, 3.63) is 41.3 Å². The Morgan fingerprint density at radius 2 is 2.09 bits per heavy atom. The molecule has 0 spiro atoms. The van der Waals surface area contributed by atoms with Gasteiger partial charge in [-0.15, -0.1) is 0 Å². The van der Waals surface area contributed by atoms with Crippen molar-refractivity contribution >= 4 is 17.8 Å². The van der Waals surface area contributed by atoms with Crippen molar-refractivity contribution < 1.29 is 13.5 Å². The minimum Gasteiger partial charge on any atom is -0.433 e. The van der Waals surface area contributed by atoms with Gasteiger partial charge in [-0.2, -0.15) is 8.78 Å². The zero-order valence-electron chi connectivity index (χ0n) is 13.3. The zero-order chi connectivity index (χ0) is 16.6. The first kappa shape index (κ1) is 15.5. The number of hydrogen-bond acceptors (Lipinski definition) is 3. The number of aromatic nitrogens is 2. The Morgan fingerprint density at radius 3 is 2.83 bits per heavy atom. The molecule has 0 N–H and O–H groups in total. The lowest BCUT2D eigenvalue weighted by Crippen LogP contribution is -2.48. The fourth-order valence-electron chi connectivity index (χ4n) is 2.89. The molecule has 122 valence electrons. The van der Waals surface area contributed by atoms with Crippen LogP contribution < -0.4 is 20.3 Å². The number of alkyl halides is 2. The normalized spacial score (nSPS) is 19.7. The van der Waals surface area contributed by atoms with Gasteiger partial charge in [-0.05, 0) is 31.6 Å². The van der Waals surface area contributed by atoms with E-state index in [0.29, 0.717) is 5.69 Å². The van der Waals surface area contributed by atoms with E-state index < -0.39 is 6.61 Å². The van der Waals surface area contributed by atoms with E-state index in [0.717, 1.165) is 17.1 Å². The molecule has 6 heteroatoms. The highest BCUT2D eigenvalue weighted by Crippen LogP contribution is 2.35. The third kappa shape index (κ3) is 2.81. The molecule has 1 atom stereocenters. The Kier molecular flexibility index (Phi) is 3.83. The zero-order valence-corrected chi connectivity index (χ0v) is 13.3. The minimum atomic E-state index is -2.84. The molecule has 0 fully saturated rings. The van der Waals surface area contributed by atoms with Crippen molar-refractivity contribution in [1.82, 2.24) is 9.55 Å². The summed E-state index contributed by atoms with van der Waals surface area (Å²) < 4.78 is 31.9. The molecule has 1 aromatic heterocycles. The molecule has 0 radical (unpaired) electrons. The molecular formula is C17H19F2N3O. The fourth-order valence-corrected chi connectivity index (χ4v) is 2.89. The number of benzene rings is 1. The van der Waals surface area contributed by atoms with Crippen molar-refractivity contribution in [1.29, 1.82) is 0 Å². The minimum absolute atomic E-state index is 0.176. The number of imidazole rings is 1. The first-order valence-corrected chi connectivity index (χ1v) is 7.39. The number of nitrogens with zero attached hydrogens (tertiary/aromatic N) is 3. The van der Waals surface area contributed by atoms with Crippen LogP contribution in [0.3, 0.4) is 0 Å². The number of halogens is 2. The third-order valence-electron chi connectivity index (χ3n) is 4.38. The molecule has 1 aromatic carbocycles.